The third-order valence-corrected chi connectivity index (χ3v) is 5.70. The van der Waals surface area contributed by atoms with Crippen LogP contribution in [0.3, 0.4) is 0 Å². The number of hydrogen-bond donors (Lipinski definition) is 3. The van der Waals surface area contributed by atoms with E-state index in [-0.39, 0.29) is 28.1 Å². The molecule has 3 aromatic rings. The van der Waals surface area contributed by atoms with Crippen LogP contribution in [0.5, 0.6) is 5.75 Å². The zero-order valence-corrected chi connectivity index (χ0v) is 16.7. The minimum atomic E-state index is -0.423. The molecule has 1 saturated heterocycles. The summed E-state index contributed by atoms with van der Waals surface area (Å²) in [6, 6.07) is 11.9. The van der Waals surface area contributed by atoms with E-state index in [4.69, 9.17) is 10.5 Å². The number of ether oxygens (including phenoxy) is 1. The fourth-order valence-corrected chi connectivity index (χ4v) is 3.94. The molecule has 1 fully saturated rings. The minimum Gasteiger partial charge on any atom is -0.489 e. The number of carbonyl (C=O) groups is 1. The molecule has 4 N–H and O–H groups in total. The van der Waals surface area contributed by atoms with Crippen molar-refractivity contribution in [2.45, 2.75) is 19.4 Å². The third kappa shape index (κ3) is 4.38. The summed E-state index contributed by atoms with van der Waals surface area (Å²) in [5.41, 5.74) is 7.47. The number of nitrogens with one attached hydrogen (secondary N) is 2. The van der Waals surface area contributed by atoms with Crippen LogP contribution in [-0.2, 0) is 0 Å². The van der Waals surface area contributed by atoms with E-state index >= 15 is 0 Å². The van der Waals surface area contributed by atoms with E-state index in [0.29, 0.717) is 10.7 Å². The second kappa shape index (κ2) is 8.18. The van der Waals surface area contributed by atoms with Crippen molar-refractivity contribution in [2.24, 2.45) is 0 Å². The average Bonchev–Trinajstić information content (AvgIpc) is 3.34. The highest BCUT2D eigenvalue weighted by Crippen LogP contribution is 2.30. The van der Waals surface area contributed by atoms with Crippen molar-refractivity contribution in [3.05, 3.63) is 64.3 Å². The summed E-state index contributed by atoms with van der Waals surface area (Å²) in [6.45, 7) is 3.49. The molecule has 0 spiro atoms. The molecule has 1 atom stereocenters. The standard InChI is InChI=1S/C21H21FN4O2S/c1-12-2-3-13(10-17(12)22)18(27)19-20(23)26-21(29-19)25-14-4-6-15(7-5-14)28-16-8-9-24-11-16/h2-7,10,16,24H,8-9,11,23H2,1H3,(H,25,26). The smallest absolute Gasteiger partial charge is 0.206 e. The van der Waals surface area contributed by atoms with Crippen LogP contribution in [-0.4, -0.2) is 30.0 Å². The molecule has 4 rings (SSSR count). The van der Waals surface area contributed by atoms with Crippen molar-refractivity contribution in [1.82, 2.24) is 10.3 Å². The first kappa shape index (κ1) is 19.4. The van der Waals surface area contributed by atoms with Gasteiger partial charge in [-0.2, -0.15) is 0 Å². The first-order chi connectivity index (χ1) is 14.0. The number of nitrogens with zero attached hydrogens (tertiary/aromatic N) is 1. The molecule has 0 amide bonds. The summed E-state index contributed by atoms with van der Waals surface area (Å²) in [5, 5.41) is 6.91. The van der Waals surface area contributed by atoms with Gasteiger partial charge in [0, 0.05) is 17.8 Å². The van der Waals surface area contributed by atoms with Gasteiger partial charge in [0.15, 0.2) is 5.13 Å². The number of rotatable bonds is 6. The summed E-state index contributed by atoms with van der Waals surface area (Å²) in [5.74, 6) is 0.159. The minimum absolute atomic E-state index is 0.122. The summed E-state index contributed by atoms with van der Waals surface area (Å²) in [6.07, 6.45) is 1.20. The molecule has 2 heterocycles. The van der Waals surface area contributed by atoms with Crippen LogP contribution in [0.25, 0.3) is 0 Å². The molecule has 1 unspecified atom stereocenters. The quantitative estimate of drug-likeness (QED) is 0.533. The molecule has 2 aromatic carbocycles. The molecule has 29 heavy (non-hydrogen) atoms. The van der Waals surface area contributed by atoms with Crippen LogP contribution in [0.4, 0.5) is 21.0 Å². The highest BCUT2D eigenvalue weighted by Gasteiger charge is 2.19. The van der Waals surface area contributed by atoms with E-state index in [0.717, 1.165) is 42.3 Å². The molecule has 6 nitrogen and oxygen atoms in total. The molecule has 150 valence electrons. The number of nitrogens with two attached hydrogens (primary N) is 1. The van der Waals surface area contributed by atoms with Crippen LogP contribution < -0.4 is 21.1 Å². The molecular formula is C21H21FN4O2S. The summed E-state index contributed by atoms with van der Waals surface area (Å²) < 4.78 is 19.7. The van der Waals surface area contributed by atoms with Crippen LogP contribution in [0.2, 0.25) is 0 Å². The van der Waals surface area contributed by atoms with Gasteiger partial charge >= 0.3 is 0 Å². The third-order valence-electron chi connectivity index (χ3n) is 4.72. The molecule has 0 aliphatic carbocycles. The zero-order chi connectivity index (χ0) is 20.4. The highest BCUT2D eigenvalue weighted by molar-refractivity contribution is 7.18. The zero-order valence-electron chi connectivity index (χ0n) is 15.9. The predicted molar refractivity (Wildman–Crippen MR) is 113 cm³/mol. The van der Waals surface area contributed by atoms with Crippen molar-refractivity contribution >= 4 is 33.8 Å². The van der Waals surface area contributed by atoms with Crippen molar-refractivity contribution in [2.75, 3.05) is 24.1 Å². The van der Waals surface area contributed by atoms with Crippen LogP contribution in [0.15, 0.2) is 42.5 Å². The maximum atomic E-state index is 13.8. The van der Waals surface area contributed by atoms with Gasteiger partial charge in [0.05, 0.1) is 0 Å². The lowest BCUT2D eigenvalue weighted by molar-refractivity contribution is 0.104. The van der Waals surface area contributed by atoms with E-state index in [9.17, 15) is 9.18 Å². The average molecular weight is 412 g/mol. The number of halogens is 1. The first-order valence-electron chi connectivity index (χ1n) is 9.31. The van der Waals surface area contributed by atoms with Crippen molar-refractivity contribution in [3.8, 4) is 5.75 Å². The van der Waals surface area contributed by atoms with Gasteiger partial charge in [0.2, 0.25) is 5.78 Å². The molecule has 8 heteroatoms. The second-order valence-electron chi connectivity index (χ2n) is 6.91. The first-order valence-corrected chi connectivity index (χ1v) is 10.1. The molecule has 0 radical (unpaired) electrons. The molecule has 0 bridgehead atoms. The van der Waals surface area contributed by atoms with Gasteiger partial charge in [-0.1, -0.05) is 23.5 Å². The Morgan fingerprint density at radius 3 is 2.79 bits per heavy atom. The van der Waals surface area contributed by atoms with Crippen LogP contribution in [0, 0.1) is 12.7 Å². The predicted octanol–water partition coefficient (Wildman–Crippen LogP) is 3.89. The van der Waals surface area contributed by atoms with Gasteiger partial charge in [-0.15, -0.1) is 0 Å². The largest absolute Gasteiger partial charge is 0.489 e. The number of aryl methyl sites for hydroxylation is 1. The number of carbonyl (C=O) groups excluding carboxylic acids is 1. The molecule has 1 aliphatic heterocycles. The number of benzene rings is 2. The van der Waals surface area contributed by atoms with Crippen molar-refractivity contribution in [1.29, 1.82) is 0 Å². The lowest BCUT2D eigenvalue weighted by atomic mass is 10.1. The van der Waals surface area contributed by atoms with E-state index in [1.807, 2.05) is 24.3 Å². The molecular weight excluding hydrogens is 391 g/mol. The van der Waals surface area contributed by atoms with E-state index in [1.165, 1.54) is 6.07 Å². The highest BCUT2D eigenvalue weighted by atomic mass is 32.1. The SMILES string of the molecule is Cc1ccc(C(=O)c2sc(Nc3ccc(OC4CCNC4)cc3)nc2N)cc1F. The van der Waals surface area contributed by atoms with E-state index in [2.05, 4.69) is 15.6 Å². The maximum Gasteiger partial charge on any atom is 0.206 e. The topological polar surface area (TPSA) is 89.3 Å². The number of thiazole rings is 1. The van der Waals surface area contributed by atoms with Gasteiger partial charge < -0.3 is 21.1 Å². The van der Waals surface area contributed by atoms with Gasteiger partial charge in [-0.05, 0) is 55.8 Å². The van der Waals surface area contributed by atoms with Crippen molar-refractivity contribution < 1.29 is 13.9 Å². The summed E-state index contributed by atoms with van der Waals surface area (Å²) >= 11 is 1.14. The normalized spacial score (nSPS) is 16.0. The van der Waals surface area contributed by atoms with Crippen molar-refractivity contribution in [3.63, 3.8) is 0 Å². The Morgan fingerprint density at radius 1 is 1.31 bits per heavy atom. The second-order valence-corrected chi connectivity index (χ2v) is 7.91. The van der Waals surface area contributed by atoms with Gasteiger partial charge in [0.1, 0.15) is 28.4 Å². The monoisotopic (exact) mass is 412 g/mol. The lowest BCUT2D eigenvalue weighted by Crippen LogP contribution is -2.19. The number of hydrogen-bond acceptors (Lipinski definition) is 7. The van der Waals surface area contributed by atoms with Crippen LogP contribution in [0.1, 0.15) is 27.2 Å². The fraction of sp³-hybridized carbons (Fsp3) is 0.238. The number of aromatic nitrogens is 1. The van der Waals surface area contributed by atoms with Gasteiger partial charge in [-0.3, -0.25) is 4.79 Å². The summed E-state index contributed by atoms with van der Waals surface area (Å²) in [7, 11) is 0. The Kier molecular flexibility index (Phi) is 5.46. The Hall–Kier alpha value is -2.97. The maximum absolute atomic E-state index is 13.8. The van der Waals surface area contributed by atoms with E-state index in [1.54, 1.807) is 19.1 Å². The molecule has 1 aromatic heterocycles. The van der Waals surface area contributed by atoms with Gasteiger partial charge in [-0.25, -0.2) is 9.37 Å². The fourth-order valence-electron chi connectivity index (χ4n) is 3.07. The number of ketones is 1. The Bertz CT molecular complexity index is 1030. The Morgan fingerprint density at radius 2 is 2.10 bits per heavy atom. The number of nitrogen functional groups attached to an aromatic ring is 1. The summed E-state index contributed by atoms with van der Waals surface area (Å²) in [4.78, 5) is 17.2. The molecule has 0 saturated carbocycles. The van der Waals surface area contributed by atoms with Crippen LogP contribution >= 0.6 is 11.3 Å². The van der Waals surface area contributed by atoms with Gasteiger partial charge in [0.25, 0.3) is 0 Å². The molecule has 1 aliphatic rings. The lowest BCUT2D eigenvalue weighted by Gasteiger charge is -2.12. The number of anilines is 3. The Balaban J connectivity index is 1.46. The van der Waals surface area contributed by atoms with E-state index < -0.39 is 5.82 Å². The Labute approximate surface area is 171 Å².